The number of aromatic nitrogens is 2. The van der Waals surface area contributed by atoms with Gasteiger partial charge in [0, 0.05) is 38.3 Å². The van der Waals surface area contributed by atoms with Crippen molar-refractivity contribution < 1.29 is 0 Å². The summed E-state index contributed by atoms with van der Waals surface area (Å²) in [5.74, 6) is 0. The number of nitrogens with zero attached hydrogens (tertiary/aromatic N) is 2. The fourth-order valence-electron chi connectivity index (χ4n) is 3.95. The number of hydrogen-bond acceptors (Lipinski definition) is 3. The Morgan fingerprint density at radius 1 is 1.04 bits per heavy atom. The zero-order valence-corrected chi connectivity index (χ0v) is 14.2. The summed E-state index contributed by atoms with van der Waals surface area (Å²) in [6, 6.07) is 13.1. The molecule has 112 valence electrons. The van der Waals surface area contributed by atoms with Crippen LogP contribution < -0.4 is 0 Å². The SMILES string of the molecule is Cc1ccc2c(n1)sc1ccc3c(c12)C(C)(C)c1cccnc1-3. The standard InChI is InChI=1S/C20H16N2S/c1-11-6-7-12-16-15(23-19(12)22-11)9-8-13-17(16)20(2,3)14-5-4-10-21-18(13)14/h4-10H,1-3H3. The Labute approximate surface area is 138 Å². The van der Waals surface area contributed by atoms with Crippen LogP contribution in [0.3, 0.4) is 0 Å². The van der Waals surface area contributed by atoms with Crippen molar-refractivity contribution in [3.05, 3.63) is 59.4 Å². The molecule has 0 fully saturated rings. The number of pyridine rings is 2. The van der Waals surface area contributed by atoms with E-state index in [1.54, 1.807) is 11.3 Å². The molecule has 1 aromatic carbocycles. The highest BCUT2D eigenvalue weighted by molar-refractivity contribution is 7.25. The summed E-state index contributed by atoms with van der Waals surface area (Å²) in [4.78, 5) is 10.5. The van der Waals surface area contributed by atoms with Crippen LogP contribution in [0.15, 0.2) is 42.6 Å². The molecule has 5 rings (SSSR count). The molecule has 0 bridgehead atoms. The Bertz CT molecular complexity index is 1110. The molecule has 0 saturated heterocycles. The van der Waals surface area contributed by atoms with Gasteiger partial charge in [0.2, 0.25) is 0 Å². The average Bonchev–Trinajstić information content (AvgIpc) is 3.00. The van der Waals surface area contributed by atoms with Gasteiger partial charge in [0.05, 0.1) is 5.69 Å². The zero-order chi connectivity index (χ0) is 15.8. The number of hydrogen-bond donors (Lipinski definition) is 0. The molecule has 1 aliphatic rings. The maximum Gasteiger partial charge on any atom is 0.124 e. The largest absolute Gasteiger partial charge is 0.256 e. The van der Waals surface area contributed by atoms with Gasteiger partial charge in [-0.15, -0.1) is 11.3 Å². The second-order valence-electron chi connectivity index (χ2n) is 6.79. The molecule has 2 nitrogen and oxygen atoms in total. The Morgan fingerprint density at radius 2 is 1.91 bits per heavy atom. The van der Waals surface area contributed by atoms with Gasteiger partial charge >= 0.3 is 0 Å². The number of aryl methyl sites for hydroxylation is 1. The van der Waals surface area contributed by atoms with Gasteiger partial charge in [-0.05, 0) is 42.3 Å². The minimum Gasteiger partial charge on any atom is -0.256 e. The van der Waals surface area contributed by atoms with E-state index in [2.05, 4.69) is 56.1 Å². The molecule has 0 atom stereocenters. The number of thiophene rings is 1. The lowest BCUT2D eigenvalue weighted by atomic mass is 9.81. The van der Waals surface area contributed by atoms with Gasteiger partial charge in [0.25, 0.3) is 0 Å². The van der Waals surface area contributed by atoms with Crippen molar-refractivity contribution in [1.82, 2.24) is 9.97 Å². The Hall–Kier alpha value is -2.26. The van der Waals surface area contributed by atoms with Crippen molar-refractivity contribution in [2.45, 2.75) is 26.2 Å². The summed E-state index contributed by atoms with van der Waals surface area (Å²) < 4.78 is 1.32. The molecule has 0 saturated carbocycles. The molecule has 0 unspecified atom stereocenters. The Balaban J connectivity index is 2.00. The third kappa shape index (κ3) is 1.58. The van der Waals surface area contributed by atoms with E-state index in [9.17, 15) is 0 Å². The molecule has 3 aromatic heterocycles. The molecule has 0 amide bonds. The van der Waals surface area contributed by atoms with Crippen LogP contribution in [0.4, 0.5) is 0 Å². The van der Waals surface area contributed by atoms with Crippen molar-refractivity contribution in [3.8, 4) is 11.3 Å². The minimum absolute atomic E-state index is 0.0304. The minimum atomic E-state index is -0.0304. The summed E-state index contributed by atoms with van der Waals surface area (Å²) in [6.45, 7) is 6.67. The predicted molar refractivity (Wildman–Crippen MR) is 97.2 cm³/mol. The normalized spacial score (nSPS) is 15.1. The van der Waals surface area contributed by atoms with Crippen LogP contribution in [0.2, 0.25) is 0 Å². The summed E-state index contributed by atoms with van der Waals surface area (Å²) >= 11 is 1.79. The first-order chi connectivity index (χ1) is 11.1. The third-order valence-corrected chi connectivity index (χ3v) is 6.07. The number of benzene rings is 1. The van der Waals surface area contributed by atoms with E-state index in [1.165, 1.54) is 32.2 Å². The van der Waals surface area contributed by atoms with Gasteiger partial charge in [0.15, 0.2) is 0 Å². The van der Waals surface area contributed by atoms with E-state index in [1.807, 2.05) is 12.3 Å². The van der Waals surface area contributed by atoms with Gasteiger partial charge in [-0.2, -0.15) is 0 Å². The van der Waals surface area contributed by atoms with Gasteiger partial charge in [-0.3, -0.25) is 4.98 Å². The van der Waals surface area contributed by atoms with Gasteiger partial charge in [-0.1, -0.05) is 26.0 Å². The van der Waals surface area contributed by atoms with Crippen LogP contribution in [0.5, 0.6) is 0 Å². The van der Waals surface area contributed by atoms with E-state index >= 15 is 0 Å². The van der Waals surface area contributed by atoms with E-state index in [0.717, 1.165) is 16.2 Å². The summed E-state index contributed by atoms with van der Waals surface area (Å²) in [5, 5.41) is 2.63. The number of fused-ring (bicyclic) bond motifs is 7. The molecule has 3 heteroatoms. The lowest BCUT2D eigenvalue weighted by Gasteiger charge is -2.22. The van der Waals surface area contributed by atoms with Crippen molar-refractivity contribution in [3.63, 3.8) is 0 Å². The highest BCUT2D eigenvalue weighted by atomic mass is 32.1. The van der Waals surface area contributed by atoms with Crippen LogP contribution in [0.25, 0.3) is 31.6 Å². The Morgan fingerprint density at radius 3 is 2.78 bits per heavy atom. The summed E-state index contributed by atoms with van der Waals surface area (Å²) in [5.41, 5.74) is 6.18. The van der Waals surface area contributed by atoms with E-state index in [-0.39, 0.29) is 5.41 Å². The highest BCUT2D eigenvalue weighted by Gasteiger charge is 2.38. The van der Waals surface area contributed by atoms with Gasteiger partial charge in [-0.25, -0.2) is 4.98 Å². The summed E-state index contributed by atoms with van der Waals surface area (Å²) in [6.07, 6.45) is 1.89. The maximum atomic E-state index is 4.74. The van der Waals surface area contributed by atoms with Crippen LogP contribution in [0, 0.1) is 6.92 Å². The van der Waals surface area contributed by atoms with Crippen LogP contribution in [-0.4, -0.2) is 9.97 Å². The first kappa shape index (κ1) is 13.2. The first-order valence-electron chi connectivity index (χ1n) is 7.86. The lowest BCUT2D eigenvalue weighted by Crippen LogP contribution is -2.15. The van der Waals surface area contributed by atoms with Crippen molar-refractivity contribution in [2.24, 2.45) is 0 Å². The average molecular weight is 316 g/mol. The van der Waals surface area contributed by atoms with Crippen molar-refractivity contribution in [2.75, 3.05) is 0 Å². The zero-order valence-electron chi connectivity index (χ0n) is 13.3. The molecule has 4 aromatic rings. The van der Waals surface area contributed by atoms with Gasteiger partial charge in [0.1, 0.15) is 4.83 Å². The smallest absolute Gasteiger partial charge is 0.124 e. The first-order valence-corrected chi connectivity index (χ1v) is 8.68. The Kier molecular flexibility index (Phi) is 2.40. The molecule has 0 radical (unpaired) electrons. The lowest BCUT2D eigenvalue weighted by molar-refractivity contribution is 0.665. The molecule has 3 heterocycles. The van der Waals surface area contributed by atoms with Crippen LogP contribution in [0.1, 0.15) is 30.7 Å². The van der Waals surface area contributed by atoms with Gasteiger partial charge < -0.3 is 0 Å². The second-order valence-corrected chi connectivity index (χ2v) is 7.82. The van der Waals surface area contributed by atoms with Crippen LogP contribution >= 0.6 is 11.3 Å². The molecule has 1 aliphatic carbocycles. The molecule has 0 spiro atoms. The topological polar surface area (TPSA) is 25.8 Å². The predicted octanol–water partition coefficient (Wildman–Crippen LogP) is 5.46. The van der Waals surface area contributed by atoms with Crippen molar-refractivity contribution in [1.29, 1.82) is 0 Å². The highest BCUT2D eigenvalue weighted by Crippen LogP contribution is 2.52. The maximum absolute atomic E-state index is 4.74. The number of rotatable bonds is 0. The van der Waals surface area contributed by atoms with E-state index in [0.29, 0.717) is 0 Å². The molecular weight excluding hydrogens is 300 g/mol. The molecule has 0 N–H and O–H groups in total. The van der Waals surface area contributed by atoms with Crippen molar-refractivity contribution >= 4 is 31.6 Å². The fraction of sp³-hybridized carbons (Fsp3) is 0.200. The van der Waals surface area contributed by atoms with E-state index in [4.69, 9.17) is 4.98 Å². The monoisotopic (exact) mass is 316 g/mol. The van der Waals surface area contributed by atoms with E-state index < -0.39 is 0 Å². The quantitative estimate of drug-likeness (QED) is 0.430. The molecule has 0 aliphatic heterocycles. The third-order valence-electron chi connectivity index (χ3n) is 5.00. The molecular formula is C20H16N2S. The fourth-order valence-corrected chi connectivity index (χ4v) is 5.07. The summed E-state index contributed by atoms with van der Waals surface area (Å²) in [7, 11) is 0. The van der Waals surface area contributed by atoms with Crippen LogP contribution in [-0.2, 0) is 5.41 Å². The second kappa shape index (κ2) is 4.18. The molecule has 23 heavy (non-hydrogen) atoms.